The van der Waals surface area contributed by atoms with Gasteiger partial charge >= 0.3 is 0 Å². The van der Waals surface area contributed by atoms with Crippen LogP contribution in [0.5, 0.6) is 0 Å². The number of benzene rings is 4. The standard InChI is InChI=1S/C35H24F2O5/c36-22-13-9-19(10-14-22)28-21(18-38)17-34(30(39)24-5-1-2-6-25(24)31(34)40)29(20-11-15-23(37)16-12-20)35(28)32(41)26-7-3-4-8-27(26)33(35)42/h1-16,21,28-29,38H,17-18H2/t21-,28-,29+/m1/s1. The van der Waals surface area contributed by atoms with Crippen molar-refractivity contribution < 1.29 is 33.1 Å². The van der Waals surface area contributed by atoms with Crippen molar-refractivity contribution in [2.24, 2.45) is 16.7 Å². The molecule has 0 radical (unpaired) electrons. The van der Waals surface area contributed by atoms with Crippen molar-refractivity contribution in [1.82, 2.24) is 0 Å². The van der Waals surface area contributed by atoms with Crippen LogP contribution in [0.25, 0.3) is 0 Å². The van der Waals surface area contributed by atoms with Gasteiger partial charge in [-0.1, -0.05) is 72.8 Å². The van der Waals surface area contributed by atoms with Crippen molar-refractivity contribution in [2.45, 2.75) is 18.3 Å². The topological polar surface area (TPSA) is 88.5 Å². The maximum absolute atomic E-state index is 14.9. The minimum Gasteiger partial charge on any atom is -0.396 e. The van der Waals surface area contributed by atoms with Gasteiger partial charge in [0.15, 0.2) is 23.1 Å². The molecule has 7 rings (SSSR count). The highest BCUT2D eigenvalue weighted by molar-refractivity contribution is 6.35. The molecule has 3 aliphatic rings. The van der Waals surface area contributed by atoms with Crippen molar-refractivity contribution in [2.75, 3.05) is 6.61 Å². The Bertz CT molecular complexity index is 1740. The lowest BCUT2D eigenvalue weighted by Crippen LogP contribution is -2.61. The van der Waals surface area contributed by atoms with Gasteiger partial charge in [0.1, 0.15) is 22.5 Å². The number of fused-ring (bicyclic) bond motifs is 2. The summed E-state index contributed by atoms with van der Waals surface area (Å²) in [4.78, 5) is 58.9. The molecule has 0 bridgehead atoms. The average molecular weight is 563 g/mol. The molecule has 4 aromatic rings. The number of aliphatic hydroxyl groups is 1. The molecular formula is C35H24F2O5. The molecule has 42 heavy (non-hydrogen) atoms. The van der Waals surface area contributed by atoms with Crippen LogP contribution in [0.1, 0.15) is 70.8 Å². The van der Waals surface area contributed by atoms with E-state index in [1.165, 1.54) is 60.7 Å². The molecule has 7 heteroatoms. The Labute approximate surface area is 239 Å². The zero-order valence-corrected chi connectivity index (χ0v) is 22.2. The SMILES string of the molecule is O=C1c2ccccc2C(=O)C12C[C@H](CO)[C@@H](c1ccc(F)cc1)C1(C(=O)c3ccccc3C1=O)[C@H]2c1ccc(F)cc1. The van der Waals surface area contributed by atoms with Gasteiger partial charge in [-0.25, -0.2) is 8.78 Å². The van der Waals surface area contributed by atoms with E-state index in [4.69, 9.17) is 0 Å². The third kappa shape index (κ3) is 3.20. The maximum Gasteiger partial charge on any atom is 0.178 e. The molecule has 4 aromatic carbocycles. The van der Waals surface area contributed by atoms with Crippen LogP contribution in [0.2, 0.25) is 0 Å². The van der Waals surface area contributed by atoms with Crippen molar-refractivity contribution in [3.63, 3.8) is 0 Å². The number of aliphatic hydroxyl groups excluding tert-OH is 1. The molecule has 1 N–H and O–H groups in total. The molecule has 1 fully saturated rings. The van der Waals surface area contributed by atoms with E-state index in [0.29, 0.717) is 5.56 Å². The molecular weight excluding hydrogens is 538 g/mol. The fourth-order valence-electron chi connectivity index (χ4n) is 8.05. The highest BCUT2D eigenvalue weighted by atomic mass is 19.1. The number of ketones is 4. The molecule has 0 amide bonds. The van der Waals surface area contributed by atoms with Gasteiger partial charge in [0, 0.05) is 40.7 Å². The van der Waals surface area contributed by atoms with Gasteiger partial charge in [0.2, 0.25) is 0 Å². The van der Waals surface area contributed by atoms with Crippen LogP contribution in [0.4, 0.5) is 8.78 Å². The van der Waals surface area contributed by atoms with Crippen LogP contribution >= 0.6 is 0 Å². The Balaban J connectivity index is 1.62. The first kappa shape index (κ1) is 26.3. The lowest BCUT2D eigenvalue weighted by Gasteiger charge is -2.55. The second kappa shape index (κ2) is 9.19. The van der Waals surface area contributed by atoms with Crippen molar-refractivity contribution in [3.05, 3.63) is 142 Å². The zero-order valence-electron chi connectivity index (χ0n) is 22.2. The van der Waals surface area contributed by atoms with Crippen LogP contribution in [0, 0.1) is 28.4 Å². The minimum atomic E-state index is -2.07. The quantitative estimate of drug-likeness (QED) is 0.311. The first-order chi connectivity index (χ1) is 20.3. The van der Waals surface area contributed by atoms with Crippen molar-refractivity contribution >= 4 is 23.1 Å². The second-order valence-corrected chi connectivity index (χ2v) is 11.4. The monoisotopic (exact) mass is 562 g/mol. The fourth-order valence-corrected chi connectivity index (χ4v) is 8.05. The Morgan fingerprint density at radius 2 is 1.00 bits per heavy atom. The highest BCUT2D eigenvalue weighted by Crippen LogP contribution is 2.70. The van der Waals surface area contributed by atoms with E-state index in [1.807, 2.05) is 0 Å². The molecule has 2 spiro atoms. The summed E-state index contributed by atoms with van der Waals surface area (Å²) >= 11 is 0. The van der Waals surface area contributed by atoms with Crippen LogP contribution in [0.15, 0.2) is 97.1 Å². The number of carbonyl (C=O) groups excluding carboxylic acids is 4. The molecule has 0 heterocycles. The third-order valence-electron chi connectivity index (χ3n) is 9.56. The number of halogens is 2. The van der Waals surface area contributed by atoms with E-state index in [1.54, 1.807) is 36.4 Å². The molecule has 0 aromatic heterocycles. The molecule has 5 nitrogen and oxygen atoms in total. The van der Waals surface area contributed by atoms with Gasteiger partial charge < -0.3 is 5.11 Å². The average Bonchev–Trinajstić information content (AvgIpc) is 3.35. The summed E-state index contributed by atoms with van der Waals surface area (Å²) in [7, 11) is 0. The van der Waals surface area contributed by atoms with Crippen LogP contribution in [-0.2, 0) is 0 Å². The number of hydrogen-bond acceptors (Lipinski definition) is 5. The molecule has 0 unspecified atom stereocenters. The molecule has 0 saturated heterocycles. The minimum absolute atomic E-state index is 0.144. The number of carbonyl (C=O) groups is 4. The van der Waals surface area contributed by atoms with Gasteiger partial charge in [-0.15, -0.1) is 0 Å². The normalized spacial score (nSPS) is 23.5. The summed E-state index contributed by atoms with van der Waals surface area (Å²) in [6.07, 6.45) is -0.168. The summed E-state index contributed by atoms with van der Waals surface area (Å²) in [5.41, 5.74) is -2.66. The smallest absolute Gasteiger partial charge is 0.178 e. The molecule has 1 saturated carbocycles. The Morgan fingerprint density at radius 1 is 0.595 bits per heavy atom. The Kier molecular flexibility index (Phi) is 5.75. The van der Waals surface area contributed by atoms with E-state index in [9.17, 15) is 33.1 Å². The fraction of sp³-hybridized carbons (Fsp3) is 0.200. The zero-order chi connectivity index (χ0) is 29.4. The van der Waals surface area contributed by atoms with Gasteiger partial charge in [-0.2, -0.15) is 0 Å². The molecule has 3 aliphatic carbocycles. The summed E-state index contributed by atoms with van der Waals surface area (Å²) in [6, 6.07) is 23.3. The lowest BCUT2D eigenvalue weighted by molar-refractivity contribution is -0.00591. The van der Waals surface area contributed by atoms with Gasteiger partial charge in [0.05, 0.1) is 0 Å². The molecule has 208 valence electrons. The Hall–Kier alpha value is -4.62. The lowest BCUT2D eigenvalue weighted by atomic mass is 9.42. The summed E-state index contributed by atoms with van der Waals surface area (Å²) in [5.74, 6) is -6.61. The van der Waals surface area contributed by atoms with Crippen molar-refractivity contribution in [3.8, 4) is 0 Å². The number of hydrogen-bond donors (Lipinski definition) is 1. The predicted octanol–water partition coefficient (Wildman–Crippen LogP) is 5.98. The van der Waals surface area contributed by atoms with E-state index in [0.717, 1.165) is 0 Å². The largest absolute Gasteiger partial charge is 0.396 e. The van der Waals surface area contributed by atoms with E-state index < -0.39 is 70.0 Å². The maximum atomic E-state index is 14.9. The van der Waals surface area contributed by atoms with Crippen LogP contribution in [0.3, 0.4) is 0 Å². The van der Waals surface area contributed by atoms with Gasteiger partial charge in [-0.3, -0.25) is 19.2 Å². The second-order valence-electron chi connectivity index (χ2n) is 11.4. The molecule has 3 atom stereocenters. The summed E-state index contributed by atoms with van der Waals surface area (Å²) in [5, 5.41) is 10.9. The van der Waals surface area contributed by atoms with Crippen molar-refractivity contribution in [1.29, 1.82) is 0 Å². The third-order valence-corrected chi connectivity index (χ3v) is 9.56. The van der Waals surface area contributed by atoms with Crippen LogP contribution in [-0.4, -0.2) is 34.8 Å². The van der Waals surface area contributed by atoms with Crippen LogP contribution < -0.4 is 0 Å². The number of Topliss-reactive ketones (excluding diaryl/α,β-unsaturated/α-hetero) is 4. The highest BCUT2D eigenvalue weighted by Gasteiger charge is 2.75. The van der Waals surface area contributed by atoms with E-state index in [-0.39, 0.29) is 34.2 Å². The van der Waals surface area contributed by atoms with E-state index in [2.05, 4.69) is 0 Å². The molecule has 0 aliphatic heterocycles. The summed E-state index contributed by atoms with van der Waals surface area (Å²) < 4.78 is 28.4. The van der Waals surface area contributed by atoms with E-state index >= 15 is 0 Å². The number of rotatable bonds is 3. The Morgan fingerprint density at radius 3 is 1.43 bits per heavy atom. The van der Waals surface area contributed by atoms with Gasteiger partial charge in [-0.05, 0) is 47.7 Å². The summed E-state index contributed by atoms with van der Waals surface area (Å²) in [6.45, 7) is -0.546. The first-order valence-corrected chi connectivity index (χ1v) is 13.8. The predicted molar refractivity (Wildman–Crippen MR) is 149 cm³/mol. The van der Waals surface area contributed by atoms with Gasteiger partial charge in [0.25, 0.3) is 0 Å². The first-order valence-electron chi connectivity index (χ1n) is 13.8.